The zero-order valence-electron chi connectivity index (χ0n) is 13.6. The Kier molecular flexibility index (Phi) is 8.19. The topological polar surface area (TPSA) is 110 Å². The summed E-state index contributed by atoms with van der Waals surface area (Å²) < 4.78 is 9.54. The normalized spacial score (nSPS) is 24.2. The van der Waals surface area contributed by atoms with Crippen molar-refractivity contribution in [2.45, 2.75) is 70.0 Å². The fourth-order valence-electron chi connectivity index (χ4n) is 2.46. The first-order valence-corrected chi connectivity index (χ1v) is 8.20. The number of aliphatic hydroxyl groups excluding tert-OH is 2. The molecule has 1 heterocycles. The number of carbonyl (C=O) groups is 3. The van der Waals surface area contributed by atoms with Gasteiger partial charge in [0.2, 0.25) is 6.10 Å². The van der Waals surface area contributed by atoms with Crippen molar-refractivity contribution in [1.82, 2.24) is 0 Å². The molecule has 2 N–H and O–H groups in total. The van der Waals surface area contributed by atoms with E-state index in [2.05, 4.69) is 6.92 Å². The smallest absolute Gasteiger partial charge is 0.362 e. The Labute approximate surface area is 136 Å². The van der Waals surface area contributed by atoms with Crippen LogP contribution in [0.5, 0.6) is 0 Å². The molecule has 1 rings (SSSR count). The van der Waals surface area contributed by atoms with Crippen molar-refractivity contribution in [1.29, 1.82) is 0 Å². The minimum atomic E-state index is -2.27. The molecule has 1 saturated heterocycles. The van der Waals surface area contributed by atoms with Gasteiger partial charge in [0.1, 0.15) is 6.61 Å². The van der Waals surface area contributed by atoms with Crippen LogP contribution in [0.25, 0.3) is 0 Å². The highest BCUT2D eigenvalue weighted by molar-refractivity contribution is 6.10. The molecule has 0 aliphatic carbocycles. The molecule has 7 nitrogen and oxygen atoms in total. The van der Waals surface area contributed by atoms with E-state index in [9.17, 15) is 19.5 Å². The van der Waals surface area contributed by atoms with Crippen LogP contribution in [-0.4, -0.2) is 52.9 Å². The fraction of sp³-hybridized carbons (Fsp3) is 0.812. The number of ketones is 1. The number of unbranched alkanes of at least 4 members (excludes halogenated alkanes) is 6. The SMILES string of the molecule is CCCCCCCCCC(=O)C1(CO)OC(=O)C(CO)OC1=O. The Morgan fingerprint density at radius 1 is 1.09 bits per heavy atom. The first kappa shape index (κ1) is 19.6. The number of ether oxygens (including phenoxy) is 2. The van der Waals surface area contributed by atoms with Gasteiger partial charge in [0.25, 0.3) is 5.60 Å². The van der Waals surface area contributed by atoms with Crippen molar-refractivity contribution in [2.24, 2.45) is 0 Å². The fourth-order valence-corrected chi connectivity index (χ4v) is 2.46. The predicted molar refractivity (Wildman–Crippen MR) is 80.5 cm³/mol. The Bertz CT molecular complexity index is 421. The van der Waals surface area contributed by atoms with Crippen LogP contribution in [0.2, 0.25) is 0 Å². The third-order valence-corrected chi connectivity index (χ3v) is 3.96. The van der Waals surface area contributed by atoms with E-state index in [1.165, 1.54) is 12.8 Å². The number of hydrogen-bond donors (Lipinski definition) is 2. The summed E-state index contributed by atoms with van der Waals surface area (Å²) >= 11 is 0. The standard InChI is InChI=1S/C16H26O7/c1-2-3-4-5-6-7-8-9-13(19)16(11-18)15(21)22-12(10-17)14(20)23-16/h12,17-18H,2-11H2,1H3. The third-order valence-electron chi connectivity index (χ3n) is 3.96. The maximum Gasteiger partial charge on any atom is 0.362 e. The Hall–Kier alpha value is -1.47. The molecule has 1 fully saturated rings. The Balaban J connectivity index is 2.48. The molecule has 2 atom stereocenters. The highest BCUT2D eigenvalue weighted by Gasteiger charge is 2.55. The Morgan fingerprint density at radius 3 is 2.26 bits per heavy atom. The number of aliphatic hydroxyl groups is 2. The molecule has 132 valence electrons. The largest absolute Gasteiger partial charge is 0.444 e. The highest BCUT2D eigenvalue weighted by atomic mass is 16.7. The van der Waals surface area contributed by atoms with Gasteiger partial charge in [-0.25, -0.2) is 9.59 Å². The summed E-state index contributed by atoms with van der Waals surface area (Å²) in [5.74, 6) is -2.80. The average Bonchev–Trinajstić information content (AvgIpc) is 2.55. The second kappa shape index (κ2) is 9.62. The van der Waals surface area contributed by atoms with Gasteiger partial charge in [-0.2, -0.15) is 0 Å². The van der Waals surface area contributed by atoms with E-state index in [-0.39, 0.29) is 6.42 Å². The van der Waals surface area contributed by atoms with Crippen LogP contribution >= 0.6 is 0 Å². The molecule has 0 saturated carbocycles. The van der Waals surface area contributed by atoms with Gasteiger partial charge >= 0.3 is 11.9 Å². The lowest BCUT2D eigenvalue weighted by molar-refractivity contribution is -0.217. The lowest BCUT2D eigenvalue weighted by Gasteiger charge is -2.34. The van der Waals surface area contributed by atoms with Crippen LogP contribution in [-0.2, 0) is 23.9 Å². The van der Waals surface area contributed by atoms with Crippen LogP contribution in [0.15, 0.2) is 0 Å². The molecule has 0 bridgehead atoms. The van der Waals surface area contributed by atoms with E-state index < -0.39 is 42.6 Å². The predicted octanol–water partition coefficient (Wildman–Crippen LogP) is 0.888. The maximum atomic E-state index is 12.2. The summed E-state index contributed by atoms with van der Waals surface area (Å²) in [7, 11) is 0. The van der Waals surface area contributed by atoms with Gasteiger partial charge in [0.15, 0.2) is 5.78 Å². The lowest BCUT2D eigenvalue weighted by Crippen LogP contribution is -2.61. The van der Waals surface area contributed by atoms with E-state index >= 15 is 0 Å². The van der Waals surface area contributed by atoms with Crippen molar-refractivity contribution in [3.05, 3.63) is 0 Å². The monoisotopic (exact) mass is 330 g/mol. The number of hydrogen-bond acceptors (Lipinski definition) is 7. The third kappa shape index (κ3) is 5.00. The zero-order chi connectivity index (χ0) is 17.3. The lowest BCUT2D eigenvalue weighted by atomic mass is 9.93. The van der Waals surface area contributed by atoms with Gasteiger partial charge in [-0.3, -0.25) is 4.79 Å². The van der Waals surface area contributed by atoms with E-state index in [4.69, 9.17) is 14.6 Å². The average molecular weight is 330 g/mol. The molecular weight excluding hydrogens is 304 g/mol. The summed E-state index contributed by atoms with van der Waals surface area (Å²) in [4.78, 5) is 35.8. The summed E-state index contributed by atoms with van der Waals surface area (Å²) in [5, 5.41) is 18.3. The van der Waals surface area contributed by atoms with Gasteiger partial charge in [0.05, 0.1) is 6.61 Å². The van der Waals surface area contributed by atoms with Gasteiger partial charge < -0.3 is 19.7 Å². The summed E-state index contributed by atoms with van der Waals surface area (Å²) in [6, 6.07) is 0. The maximum absolute atomic E-state index is 12.2. The zero-order valence-corrected chi connectivity index (χ0v) is 13.6. The second-order valence-corrected chi connectivity index (χ2v) is 5.78. The van der Waals surface area contributed by atoms with Crippen LogP contribution in [0.4, 0.5) is 0 Å². The van der Waals surface area contributed by atoms with Crippen molar-refractivity contribution in [3.63, 3.8) is 0 Å². The van der Waals surface area contributed by atoms with Crippen LogP contribution < -0.4 is 0 Å². The van der Waals surface area contributed by atoms with Gasteiger partial charge in [-0.15, -0.1) is 0 Å². The van der Waals surface area contributed by atoms with E-state index in [0.717, 1.165) is 25.7 Å². The van der Waals surface area contributed by atoms with Crippen molar-refractivity contribution in [3.8, 4) is 0 Å². The quantitative estimate of drug-likeness (QED) is 0.329. The van der Waals surface area contributed by atoms with Crippen LogP contribution in [0.3, 0.4) is 0 Å². The van der Waals surface area contributed by atoms with Gasteiger partial charge in [-0.1, -0.05) is 45.4 Å². The van der Waals surface area contributed by atoms with Crippen LogP contribution in [0.1, 0.15) is 58.3 Å². The molecule has 0 amide bonds. The van der Waals surface area contributed by atoms with Gasteiger partial charge in [0, 0.05) is 6.42 Å². The number of carbonyl (C=O) groups excluding carboxylic acids is 3. The number of cyclic esters (lactones) is 2. The highest BCUT2D eigenvalue weighted by Crippen LogP contribution is 2.25. The molecule has 2 unspecified atom stereocenters. The first-order valence-electron chi connectivity index (χ1n) is 8.20. The second-order valence-electron chi connectivity index (χ2n) is 5.78. The summed E-state index contributed by atoms with van der Waals surface area (Å²) in [6.07, 6.45) is 5.60. The molecular formula is C16H26O7. The molecule has 0 spiro atoms. The minimum absolute atomic E-state index is 0.0283. The molecule has 23 heavy (non-hydrogen) atoms. The van der Waals surface area contributed by atoms with E-state index in [1.54, 1.807) is 0 Å². The molecule has 0 radical (unpaired) electrons. The van der Waals surface area contributed by atoms with E-state index in [0.29, 0.717) is 6.42 Å². The first-order chi connectivity index (χ1) is 11.0. The summed E-state index contributed by atoms with van der Waals surface area (Å²) in [5.41, 5.74) is -2.27. The molecule has 1 aliphatic heterocycles. The Morgan fingerprint density at radius 2 is 1.70 bits per heavy atom. The molecule has 0 aromatic rings. The number of Topliss-reactive ketones (excluding diaryl/α,β-unsaturated/α-hetero) is 1. The van der Waals surface area contributed by atoms with Crippen molar-refractivity contribution >= 4 is 17.7 Å². The molecule has 0 aromatic heterocycles. The number of rotatable bonds is 11. The van der Waals surface area contributed by atoms with Crippen molar-refractivity contribution in [2.75, 3.05) is 13.2 Å². The van der Waals surface area contributed by atoms with Crippen molar-refractivity contribution < 1.29 is 34.1 Å². The molecule has 0 aromatic carbocycles. The molecule has 7 heteroatoms. The van der Waals surface area contributed by atoms with E-state index in [1.807, 2.05) is 0 Å². The summed E-state index contributed by atoms with van der Waals surface area (Å²) in [6.45, 7) is 0.460. The number of esters is 2. The minimum Gasteiger partial charge on any atom is -0.444 e. The molecule has 1 aliphatic rings. The van der Waals surface area contributed by atoms with Gasteiger partial charge in [-0.05, 0) is 6.42 Å². The van der Waals surface area contributed by atoms with Crippen LogP contribution in [0, 0.1) is 0 Å².